The van der Waals surface area contributed by atoms with E-state index in [1.165, 1.54) is 16.9 Å². The summed E-state index contributed by atoms with van der Waals surface area (Å²) in [6, 6.07) is 9.88. The molecule has 0 unspecified atom stereocenters. The predicted molar refractivity (Wildman–Crippen MR) is 95.2 cm³/mol. The van der Waals surface area contributed by atoms with Gasteiger partial charge >= 0.3 is 0 Å². The number of ketones is 1. The van der Waals surface area contributed by atoms with Gasteiger partial charge in [-0.15, -0.1) is 11.3 Å². The third-order valence-electron chi connectivity index (χ3n) is 3.99. The highest BCUT2D eigenvalue weighted by molar-refractivity contribution is 7.20. The molecular weight excluding hydrogens is 322 g/mol. The molecule has 0 N–H and O–H groups in total. The highest BCUT2D eigenvalue weighted by Crippen LogP contribution is 2.36. The molecule has 0 radical (unpaired) electrons. The molecule has 0 saturated heterocycles. The van der Waals surface area contributed by atoms with Crippen LogP contribution in [0.5, 0.6) is 11.5 Å². The number of thiophene rings is 1. The number of hydrogen-bond donors (Lipinski definition) is 0. The number of carbonyl (C=O) groups is 1. The van der Waals surface area contributed by atoms with E-state index in [1.54, 1.807) is 14.2 Å². The molecule has 5 heteroatoms. The molecule has 2 heterocycles. The molecule has 1 aromatic carbocycles. The van der Waals surface area contributed by atoms with Crippen LogP contribution in [0, 0.1) is 0 Å². The topological polar surface area (TPSA) is 39.4 Å². The summed E-state index contributed by atoms with van der Waals surface area (Å²) in [6.07, 6.45) is 5.25. The van der Waals surface area contributed by atoms with Gasteiger partial charge in [-0.3, -0.25) is 4.79 Å². The Balaban J connectivity index is 1.78. The van der Waals surface area contributed by atoms with Gasteiger partial charge in [0.25, 0.3) is 0 Å². The zero-order chi connectivity index (χ0) is 17.1. The lowest BCUT2D eigenvalue weighted by molar-refractivity contribution is -0.671. The fourth-order valence-corrected chi connectivity index (χ4v) is 3.62. The second kappa shape index (κ2) is 7.01. The van der Waals surface area contributed by atoms with Crippen LogP contribution in [0.1, 0.15) is 21.7 Å². The standard InChI is InChI=1S/C19H20NO3S/c1-20-8-6-13(7-9-20)4-5-15(21)19-11-14-10-16(22-2)17(23-3)12-18(14)24-19/h6-12H,4-5H2,1-3H3/q+1. The van der Waals surface area contributed by atoms with Crippen LogP contribution in [0.2, 0.25) is 0 Å². The molecule has 4 nitrogen and oxygen atoms in total. The van der Waals surface area contributed by atoms with Crippen molar-refractivity contribution in [2.45, 2.75) is 12.8 Å². The van der Waals surface area contributed by atoms with E-state index in [9.17, 15) is 4.79 Å². The van der Waals surface area contributed by atoms with Gasteiger partial charge < -0.3 is 9.47 Å². The number of carbonyl (C=O) groups excluding carboxylic acids is 1. The van der Waals surface area contributed by atoms with Crippen molar-refractivity contribution in [3.05, 3.63) is 53.2 Å². The van der Waals surface area contributed by atoms with Crippen molar-refractivity contribution in [1.82, 2.24) is 0 Å². The lowest BCUT2D eigenvalue weighted by Gasteiger charge is -2.06. The number of benzene rings is 1. The van der Waals surface area contributed by atoms with Crippen molar-refractivity contribution in [3.63, 3.8) is 0 Å². The third kappa shape index (κ3) is 3.41. The van der Waals surface area contributed by atoms with Gasteiger partial charge in [-0.1, -0.05) is 0 Å². The molecule has 0 spiro atoms. The Kier molecular flexibility index (Phi) is 4.81. The number of pyridine rings is 1. The Morgan fingerprint density at radius 3 is 2.42 bits per heavy atom. The molecule has 0 fully saturated rings. The highest BCUT2D eigenvalue weighted by Gasteiger charge is 2.14. The molecule has 2 aromatic heterocycles. The average molecular weight is 342 g/mol. The van der Waals surface area contributed by atoms with Crippen molar-refractivity contribution in [1.29, 1.82) is 0 Å². The Bertz CT molecular complexity index is 827. The van der Waals surface area contributed by atoms with Crippen molar-refractivity contribution < 1.29 is 18.8 Å². The second-order valence-electron chi connectivity index (χ2n) is 5.65. The van der Waals surface area contributed by atoms with Crippen LogP contribution >= 0.6 is 11.3 Å². The largest absolute Gasteiger partial charge is 0.493 e. The number of aromatic nitrogens is 1. The minimum Gasteiger partial charge on any atom is -0.493 e. The number of rotatable bonds is 6. The number of aryl methyl sites for hydroxylation is 2. The van der Waals surface area contributed by atoms with Crippen LogP contribution in [0.15, 0.2) is 42.7 Å². The first-order chi connectivity index (χ1) is 11.6. The Hall–Kier alpha value is -2.40. The summed E-state index contributed by atoms with van der Waals surface area (Å²) in [4.78, 5) is 13.3. The van der Waals surface area contributed by atoms with E-state index in [4.69, 9.17) is 9.47 Å². The van der Waals surface area contributed by atoms with Crippen LogP contribution in [0.4, 0.5) is 0 Å². The van der Waals surface area contributed by atoms with Gasteiger partial charge in [0, 0.05) is 29.3 Å². The molecule has 0 aliphatic heterocycles. The van der Waals surface area contributed by atoms with Crippen LogP contribution in [-0.4, -0.2) is 20.0 Å². The number of fused-ring (bicyclic) bond motifs is 1. The van der Waals surface area contributed by atoms with E-state index in [-0.39, 0.29) is 5.78 Å². The maximum absolute atomic E-state index is 12.5. The number of methoxy groups -OCH3 is 2. The summed E-state index contributed by atoms with van der Waals surface area (Å²) in [6.45, 7) is 0. The normalized spacial score (nSPS) is 10.8. The minimum atomic E-state index is 0.169. The monoisotopic (exact) mass is 342 g/mol. The summed E-state index contributed by atoms with van der Waals surface area (Å²) < 4.78 is 13.7. The zero-order valence-corrected chi connectivity index (χ0v) is 14.9. The summed E-state index contributed by atoms with van der Waals surface area (Å²) in [5.74, 6) is 1.53. The molecule has 0 amide bonds. The van der Waals surface area contributed by atoms with Gasteiger partial charge in [0.15, 0.2) is 29.7 Å². The molecule has 0 aliphatic rings. The fourth-order valence-electron chi connectivity index (χ4n) is 2.58. The summed E-state index contributed by atoms with van der Waals surface area (Å²) in [5, 5.41) is 1.01. The molecule has 0 saturated carbocycles. The summed E-state index contributed by atoms with van der Waals surface area (Å²) >= 11 is 1.50. The third-order valence-corrected chi connectivity index (χ3v) is 5.12. The number of nitrogens with zero attached hydrogens (tertiary/aromatic N) is 1. The molecule has 124 valence electrons. The van der Waals surface area contributed by atoms with Crippen molar-refractivity contribution in [2.75, 3.05) is 14.2 Å². The smallest absolute Gasteiger partial charge is 0.173 e. The highest BCUT2D eigenvalue weighted by atomic mass is 32.1. The van der Waals surface area contributed by atoms with E-state index in [0.29, 0.717) is 17.9 Å². The quantitative estimate of drug-likeness (QED) is 0.508. The summed E-state index contributed by atoms with van der Waals surface area (Å²) in [5.41, 5.74) is 1.17. The second-order valence-corrected chi connectivity index (χ2v) is 6.73. The van der Waals surface area contributed by atoms with E-state index in [2.05, 4.69) is 0 Å². The first-order valence-electron chi connectivity index (χ1n) is 7.73. The minimum absolute atomic E-state index is 0.169. The molecule has 0 bridgehead atoms. The van der Waals surface area contributed by atoms with Crippen molar-refractivity contribution >= 4 is 27.2 Å². The van der Waals surface area contributed by atoms with Crippen molar-refractivity contribution in [3.8, 4) is 11.5 Å². The fraction of sp³-hybridized carbons (Fsp3) is 0.263. The van der Waals surface area contributed by atoms with Gasteiger partial charge in [-0.05, 0) is 29.5 Å². The van der Waals surface area contributed by atoms with E-state index < -0.39 is 0 Å². The average Bonchev–Trinajstić information content (AvgIpc) is 3.02. The Morgan fingerprint density at radius 2 is 1.75 bits per heavy atom. The van der Waals surface area contributed by atoms with E-state index in [1.807, 2.05) is 54.3 Å². The lowest BCUT2D eigenvalue weighted by atomic mass is 10.1. The Labute approximate surface area is 145 Å². The summed E-state index contributed by atoms with van der Waals surface area (Å²) in [7, 11) is 5.21. The molecule has 24 heavy (non-hydrogen) atoms. The van der Waals surface area contributed by atoms with E-state index >= 15 is 0 Å². The number of Topliss-reactive ketones (excluding diaryl/α,β-unsaturated/α-hetero) is 1. The molecule has 0 aliphatic carbocycles. The molecule has 0 atom stereocenters. The first-order valence-corrected chi connectivity index (χ1v) is 8.55. The SMILES string of the molecule is COc1cc2cc(C(=O)CCc3cc[n+](C)cc3)sc2cc1OC. The first kappa shape index (κ1) is 16.5. The van der Waals surface area contributed by atoms with Crippen LogP contribution in [0.25, 0.3) is 10.1 Å². The lowest BCUT2D eigenvalue weighted by Crippen LogP contribution is -2.25. The van der Waals surface area contributed by atoms with Gasteiger partial charge in [0.2, 0.25) is 0 Å². The van der Waals surface area contributed by atoms with E-state index in [0.717, 1.165) is 21.4 Å². The van der Waals surface area contributed by atoms with Crippen molar-refractivity contribution in [2.24, 2.45) is 7.05 Å². The van der Waals surface area contributed by atoms with Crippen LogP contribution in [-0.2, 0) is 13.5 Å². The maximum atomic E-state index is 12.5. The molecular formula is C19H20NO3S+. The number of ether oxygens (including phenoxy) is 2. The molecule has 3 aromatic rings. The van der Waals surface area contributed by atoms with Crippen LogP contribution < -0.4 is 14.0 Å². The Morgan fingerprint density at radius 1 is 1.08 bits per heavy atom. The number of hydrogen-bond acceptors (Lipinski definition) is 4. The van der Waals surface area contributed by atoms with Gasteiger partial charge in [-0.2, -0.15) is 0 Å². The van der Waals surface area contributed by atoms with Gasteiger partial charge in [0.05, 0.1) is 19.1 Å². The maximum Gasteiger partial charge on any atom is 0.173 e. The zero-order valence-electron chi connectivity index (χ0n) is 14.0. The van der Waals surface area contributed by atoms with Gasteiger partial charge in [0.1, 0.15) is 7.05 Å². The van der Waals surface area contributed by atoms with Gasteiger partial charge in [-0.25, -0.2) is 4.57 Å². The predicted octanol–water partition coefficient (Wildman–Crippen LogP) is 3.56. The molecule has 3 rings (SSSR count). The van der Waals surface area contributed by atoms with Crippen LogP contribution in [0.3, 0.4) is 0 Å².